The maximum atomic E-state index is 11.9. The summed E-state index contributed by atoms with van der Waals surface area (Å²) in [7, 11) is -0.844. The van der Waals surface area contributed by atoms with E-state index < -0.39 is 7.12 Å². The average molecular weight is 309 g/mol. The van der Waals surface area contributed by atoms with Crippen molar-refractivity contribution in [3.05, 3.63) is 53.6 Å². The minimum Gasteiger partial charge on any atom is -0.457 e. The van der Waals surface area contributed by atoms with Crippen LogP contribution in [0.4, 0.5) is 0 Å². The van der Waals surface area contributed by atoms with Gasteiger partial charge in [-0.25, -0.2) is 0 Å². The highest BCUT2D eigenvalue weighted by Gasteiger charge is 2.27. The zero-order chi connectivity index (χ0) is 15.8. The predicted octanol–water partition coefficient (Wildman–Crippen LogP) is 1.59. The van der Waals surface area contributed by atoms with Crippen LogP contribution in [0.3, 0.4) is 0 Å². The highest BCUT2D eigenvalue weighted by molar-refractivity contribution is 6.61. The van der Waals surface area contributed by atoms with Crippen LogP contribution in [0, 0.1) is 0 Å². The van der Waals surface area contributed by atoms with Crippen LogP contribution in [0.15, 0.2) is 42.5 Å². The molecule has 1 heterocycles. The van der Waals surface area contributed by atoms with E-state index in [1.807, 2.05) is 6.07 Å². The minimum absolute atomic E-state index is 0.0392. The van der Waals surface area contributed by atoms with E-state index in [4.69, 9.17) is 9.39 Å². The van der Waals surface area contributed by atoms with Crippen molar-refractivity contribution in [1.29, 1.82) is 0 Å². The van der Waals surface area contributed by atoms with Gasteiger partial charge < -0.3 is 19.7 Å². The van der Waals surface area contributed by atoms with Crippen molar-refractivity contribution in [2.24, 2.45) is 0 Å². The largest absolute Gasteiger partial charge is 0.491 e. The van der Waals surface area contributed by atoms with E-state index >= 15 is 0 Å². The van der Waals surface area contributed by atoms with Gasteiger partial charge in [0.15, 0.2) is 0 Å². The third kappa shape index (κ3) is 3.09. The van der Waals surface area contributed by atoms with Crippen molar-refractivity contribution in [1.82, 2.24) is 5.32 Å². The molecule has 5 nitrogen and oxygen atoms in total. The van der Waals surface area contributed by atoms with Crippen molar-refractivity contribution in [2.45, 2.75) is 25.5 Å². The van der Waals surface area contributed by atoms with Crippen molar-refractivity contribution >= 4 is 18.5 Å². The standard InChI is InChI=1S/C17H16BNO4/c20-17(19-13-3-4-13)11-1-5-14(6-2-11)23-15-7-8-16-12(9-15)10-22-18(16)21/h1-2,5-9,13,21H,3-4,10H2,(H,19,20). The molecule has 2 aromatic rings. The van der Waals surface area contributed by atoms with Gasteiger partial charge in [0.05, 0.1) is 6.61 Å². The van der Waals surface area contributed by atoms with Crippen LogP contribution in [0.25, 0.3) is 0 Å². The molecule has 23 heavy (non-hydrogen) atoms. The van der Waals surface area contributed by atoms with Crippen molar-refractivity contribution in [3.63, 3.8) is 0 Å². The fourth-order valence-corrected chi connectivity index (χ4v) is 2.58. The molecule has 0 unspecified atom stereocenters. The molecule has 0 atom stereocenters. The molecular weight excluding hydrogens is 293 g/mol. The Bertz CT molecular complexity index is 743. The molecule has 0 radical (unpaired) electrons. The van der Waals surface area contributed by atoms with Gasteiger partial charge in [0.25, 0.3) is 5.91 Å². The summed E-state index contributed by atoms with van der Waals surface area (Å²) in [5.41, 5.74) is 2.34. The van der Waals surface area contributed by atoms with Crippen LogP contribution in [-0.4, -0.2) is 24.1 Å². The molecule has 0 bridgehead atoms. The predicted molar refractivity (Wildman–Crippen MR) is 85.8 cm³/mol. The molecule has 1 amide bonds. The molecule has 116 valence electrons. The summed E-state index contributed by atoms with van der Waals surface area (Å²) in [5.74, 6) is 1.30. The molecule has 2 aromatic carbocycles. The fourth-order valence-electron chi connectivity index (χ4n) is 2.58. The number of hydrogen-bond acceptors (Lipinski definition) is 4. The maximum absolute atomic E-state index is 11.9. The number of hydrogen-bond donors (Lipinski definition) is 2. The Hall–Kier alpha value is -2.31. The molecule has 6 heteroatoms. The van der Waals surface area contributed by atoms with E-state index in [1.165, 1.54) is 0 Å². The number of benzene rings is 2. The van der Waals surface area contributed by atoms with Crippen molar-refractivity contribution in [3.8, 4) is 11.5 Å². The van der Waals surface area contributed by atoms with Gasteiger partial charge >= 0.3 is 7.12 Å². The van der Waals surface area contributed by atoms with Gasteiger partial charge in [-0.05, 0) is 60.3 Å². The lowest BCUT2D eigenvalue weighted by atomic mass is 9.80. The van der Waals surface area contributed by atoms with Crippen molar-refractivity contribution < 1.29 is 19.2 Å². The third-order valence-electron chi connectivity index (χ3n) is 4.04. The van der Waals surface area contributed by atoms with Gasteiger partial charge in [-0.1, -0.05) is 6.07 Å². The number of carbonyl (C=O) groups excluding carboxylic acids is 1. The quantitative estimate of drug-likeness (QED) is 0.842. The van der Waals surface area contributed by atoms with Crippen LogP contribution >= 0.6 is 0 Å². The van der Waals surface area contributed by atoms with E-state index in [-0.39, 0.29) is 5.91 Å². The Morgan fingerprint density at radius 1 is 1.17 bits per heavy atom. The summed E-state index contributed by atoms with van der Waals surface area (Å²) in [5, 5.41) is 12.6. The molecule has 1 aliphatic carbocycles. The number of amides is 1. The summed E-state index contributed by atoms with van der Waals surface area (Å²) >= 11 is 0. The number of carbonyl (C=O) groups is 1. The van der Waals surface area contributed by atoms with Crippen LogP contribution in [0.5, 0.6) is 11.5 Å². The Balaban J connectivity index is 1.45. The Labute approximate surface area is 134 Å². The third-order valence-corrected chi connectivity index (χ3v) is 4.04. The van der Waals surface area contributed by atoms with Crippen molar-refractivity contribution in [2.75, 3.05) is 0 Å². The van der Waals surface area contributed by atoms with Gasteiger partial charge in [-0.2, -0.15) is 0 Å². The lowest BCUT2D eigenvalue weighted by Crippen LogP contribution is -2.27. The van der Waals surface area contributed by atoms with Crippen LogP contribution < -0.4 is 15.5 Å². The molecule has 0 spiro atoms. The second-order valence-electron chi connectivity index (χ2n) is 5.90. The summed E-state index contributed by atoms with van der Waals surface area (Å²) < 4.78 is 11.0. The van der Waals surface area contributed by atoms with E-state index in [0.717, 1.165) is 23.9 Å². The number of fused-ring (bicyclic) bond motifs is 1. The first-order chi connectivity index (χ1) is 11.2. The lowest BCUT2D eigenvalue weighted by Gasteiger charge is -2.08. The van der Waals surface area contributed by atoms with Gasteiger partial charge in [0.2, 0.25) is 0 Å². The molecule has 2 aliphatic rings. The molecule has 1 saturated carbocycles. The molecule has 0 saturated heterocycles. The van der Waals surface area contributed by atoms with Gasteiger partial charge in [0.1, 0.15) is 11.5 Å². The normalized spacial score (nSPS) is 16.1. The molecule has 2 N–H and O–H groups in total. The lowest BCUT2D eigenvalue weighted by molar-refractivity contribution is 0.0951. The van der Waals surface area contributed by atoms with E-state index in [0.29, 0.717) is 29.7 Å². The highest BCUT2D eigenvalue weighted by Crippen LogP contribution is 2.24. The smallest absolute Gasteiger partial charge is 0.457 e. The zero-order valence-corrected chi connectivity index (χ0v) is 12.5. The van der Waals surface area contributed by atoms with E-state index in [9.17, 15) is 9.82 Å². The molecular formula is C17H16BNO4. The first kappa shape index (κ1) is 14.3. The summed E-state index contributed by atoms with van der Waals surface area (Å²) in [6.07, 6.45) is 2.15. The summed E-state index contributed by atoms with van der Waals surface area (Å²) in [6, 6.07) is 12.9. The van der Waals surface area contributed by atoms with E-state index in [1.54, 1.807) is 36.4 Å². The van der Waals surface area contributed by atoms with Gasteiger partial charge in [0, 0.05) is 11.6 Å². The summed E-state index contributed by atoms with van der Waals surface area (Å²) in [6.45, 7) is 0.383. The fraction of sp³-hybridized carbons (Fsp3) is 0.235. The first-order valence-electron chi connectivity index (χ1n) is 7.70. The zero-order valence-electron chi connectivity index (χ0n) is 12.5. The molecule has 4 rings (SSSR count). The molecule has 1 fully saturated rings. The number of nitrogens with one attached hydrogen (secondary N) is 1. The number of ether oxygens (including phenoxy) is 1. The Morgan fingerprint density at radius 3 is 2.65 bits per heavy atom. The maximum Gasteiger partial charge on any atom is 0.491 e. The second kappa shape index (κ2) is 5.72. The molecule has 1 aliphatic heterocycles. The van der Waals surface area contributed by atoms with Crippen LogP contribution in [-0.2, 0) is 11.3 Å². The average Bonchev–Trinajstić information content (AvgIpc) is 3.30. The Kier molecular flexibility index (Phi) is 3.55. The number of rotatable bonds is 4. The SMILES string of the molecule is O=C(NC1CC1)c1ccc(Oc2ccc3c(c2)COB3O)cc1. The minimum atomic E-state index is -0.844. The van der Waals surface area contributed by atoms with Crippen LogP contribution in [0.1, 0.15) is 28.8 Å². The topological polar surface area (TPSA) is 67.8 Å². The van der Waals surface area contributed by atoms with Crippen LogP contribution in [0.2, 0.25) is 0 Å². The monoisotopic (exact) mass is 309 g/mol. The second-order valence-corrected chi connectivity index (χ2v) is 5.90. The van der Waals surface area contributed by atoms with Gasteiger partial charge in [-0.3, -0.25) is 4.79 Å². The molecule has 0 aromatic heterocycles. The Morgan fingerprint density at radius 2 is 1.91 bits per heavy atom. The summed E-state index contributed by atoms with van der Waals surface area (Å²) in [4.78, 5) is 11.9. The first-order valence-corrected chi connectivity index (χ1v) is 7.70. The van der Waals surface area contributed by atoms with E-state index in [2.05, 4.69) is 5.32 Å². The van der Waals surface area contributed by atoms with Gasteiger partial charge in [-0.15, -0.1) is 0 Å². The highest BCUT2D eigenvalue weighted by atomic mass is 16.5.